The molecule has 0 aliphatic heterocycles. The molecular formula is C14H18O2. The summed E-state index contributed by atoms with van der Waals surface area (Å²) in [5, 5.41) is 0. The van der Waals surface area contributed by atoms with Crippen LogP contribution in [0.3, 0.4) is 0 Å². The fourth-order valence-electron chi connectivity index (χ4n) is 1.46. The number of rotatable bonds is 5. The molecule has 0 aromatic heterocycles. The summed E-state index contributed by atoms with van der Waals surface area (Å²) in [4.78, 5) is 11.8. The largest absolute Gasteiger partial charge is 0.496 e. The van der Waals surface area contributed by atoms with Crippen LogP contribution in [0.25, 0.3) is 0 Å². The standard InChI is InChI=1S/C14H18O2/c1-10(2)5-8-13(15)12-7-6-11(3)14(9-12)16-4/h6-7,9H,1,5,8H2,2-4H3. The minimum absolute atomic E-state index is 0.140. The maximum absolute atomic E-state index is 11.8. The second kappa shape index (κ2) is 5.50. The molecule has 0 saturated heterocycles. The second-order valence-corrected chi connectivity index (χ2v) is 4.06. The van der Waals surface area contributed by atoms with Gasteiger partial charge < -0.3 is 4.74 Å². The average Bonchev–Trinajstić information content (AvgIpc) is 2.26. The molecule has 0 fully saturated rings. The fraction of sp³-hybridized carbons (Fsp3) is 0.357. The highest BCUT2D eigenvalue weighted by Crippen LogP contribution is 2.20. The number of ether oxygens (including phenoxy) is 1. The van der Waals surface area contributed by atoms with E-state index in [2.05, 4.69) is 6.58 Å². The Morgan fingerprint density at radius 1 is 1.38 bits per heavy atom. The van der Waals surface area contributed by atoms with Crippen molar-refractivity contribution in [3.8, 4) is 5.75 Å². The van der Waals surface area contributed by atoms with E-state index in [1.54, 1.807) is 13.2 Å². The van der Waals surface area contributed by atoms with E-state index in [4.69, 9.17) is 4.74 Å². The predicted octanol–water partition coefficient (Wildman–Crippen LogP) is 3.54. The average molecular weight is 218 g/mol. The van der Waals surface area contributed by atoms with Gasteiger partial charge in [-0.15, -0.1) is 6.58 Å². The molecular weight excluding hydrogens is 200 g/mol. The Morgan fingerprint density at radius 3 is 2.62 bits per heavy atom. The van der Waals surface area contributed by atoms with Crippen molar-refractivity contribution in [1.29, 1.82) is 0 Å². The van der Waals surface area contributed by atoms with Crippen LogP contribution in [-0.2, 0) is 0 Å². The van der Waals surface area contributed by atoms with Crippen molar-refractivity contribution in [1.82, 2.24) is 0 Å². The molecule has 0 saturated carbocycles. The van der Waals surface area contributed by atoms with E-state index >= 15 is 0 Å². The lowest BCUT2D eigenvalue weighted by Crippen LogP contribution is -2.00. The molecule has 0 bridgehead atoms. The molecule has 86 valence electrons. The van der Waals surface area contributed by atoms with Gasteiger partial charge in [0.25, 0.3) is 0 Å². The van der Waals surface area contributed by atoms with Gasteiger partial charge in [0, 0.05) is 12.0 Å². The van der Waals surface area contributed by atoms with E-state index < -0.39 is 0 Å². The fourth-order valence-corrected chi connectivity index (χ4v) is 1.46. The summed E-state index contributed by atoms with van der Waals surface area (Å²) in [6.07, 6.45) is 1.26. The summed E-state index contributed by atoms with van der Waals surface area (Å²) < 4.78 is 5.19. The van der Waals surface area contributed by atoms with Crippen LogP contribution in [0, 0.1) is 6.92 Å². The van der Waals surface area contributed by atoms with E-state index in [0.29, 0.717) is 12.0 Å². The first-order valence-electron chi connectivity index (χ1n) is 5.37. The molecule has 0 radical (unpaired) electrons. The molecule has 16 heavy (non-hydrogen) atoms. The number of Topliss-reactive ketones (excluding diaryl/α,β-unsaturated/α-hetero) is 1. The van der Waals surface area contributed by atoms with Gasteiger partial charge in [-0.05, 0) is 31.9 Å². The van der Waals surface area contributed by atoms with Gasteiger partial charge in [-0.2, -0.15) is 0 Å². The molecule has 1 aromatic carbocycles. The molecule has 0 amide bonds. The van der Waals surface area contributed by atoms with E-state index in [0.717, 1.165) is 23.3 Å². The number of carbonyl (C=O) groups is 1. The van der Waals surface area contributed by atoms with Crippen molar-refractivity contribution < 1.29 is 9.53 Å². The molecule has 0 N–H and O–H groups in total. The lowest BCUT2D eigenvalue weighted by atomic mass is 10.0. The minimum Gasteiger partial charge on any atom is -0.496 e. The van der Waals surface area contributed by atoms with Crippen LogP contribution in [0.5, 0.6) is 5.75 Å². The minimum atomic E-state index is 0.140. The first-order valence-corrected chi connectivity index (χ1v) is 5.37. The molecule has 0 spiro atoms. The van der Waals surface area contributed by atoms with E-state index in [1.807, 2.05) is 26.0 Å². The molecule has 0 unspecified atom stereocenters. The van der Waals surface area contributed by atoms with Gasteiger partial charge in [0.15, 0.2) is 5.78 Å². The number of ketones is 1. The maximum atomic E-state index is 11.8. The lowest BCUT2D eigenvalue weighted by Gasteiger charge is -2.07. The van der Waals surface area contributed by atoms with Crippen molar-refractivity contribution >= 4 is 5.78 Å². The molecule has 2 nitrogen and oxygen atoms in total. The summed E-state index contributed by atoms with van der Waals surface area (Å²) in [7, 11) is 1.62. The molecule has 0 aliphatic rings. The molecule has 0 atom stereocenters. The van der Waals surface area contributed by atoms with Crippen molar-refractivity contribution in [3.05, 3.63) is 41.5 Å². The summed E-state index contributed by atoms with van der Waals surface area (Å²) in [6, 6.07) is 5.56. The highest BCUT2D eigenvalue weighted by molar-refractivity contribution is 5.96. The second-order valence-electron chi connectivity index (χ2n) is 4.06. The molecule has 0 heterocycles. The first-order chi connectivity index (χ1) is 7.54. The number of benzene rings is 1. The van der Waals surface area contributed by atoms with Gasteiger partial charge in [-0.3, -0.25) is 4.79 Å². The number of allylic oxidation sites excluding steroid dienone is 1. The van der Waals surface area contributed by atoms with Gasteiger partial charge in [-0.1, -0.05) is 17.7 Å². The molecule has 0 aliphatic carbocycles. The lowest BCUT2D eigenvalue weighted by molar-refractivity contribution is 0.0982. The SMILES string of the molecule is C=C(C)CCC(=O)c1ccc(C)c(OC)c1. The van der Waals surface area contributed by atoms with Crippen LogP contribution in [0.2, 0.25) is 0 Å². The van der Waals surface area contributed by atoms with Crippen molar-refractivity contribution in [2.45, 2.75) is 26.7 Å². The van der Waals surface area contributed by atoms with E-state index in [1.165, 1.54) is 0 Å². The van der Waals surface area contributed by atoms with Crippen molar-refractivity contribution in [2.75, 3.05) is 7.11 Å². The zero-order valence-corrected chi connectivity index (χ0v) is 10.2. The number of carbonyl (C=O) groups excluding carboxylic acids is 1. The molecule has 1 aromatic rings. The number of hydrogen-bond acceptors (Lipinski definition) is 2. The van der Waals surface area contributed by atoms with Gasteiger partial charge in [0.2, 0.25) is 0 Å². The Hall–Kier alpha value is -1.57. The number of hydrogen-bond donors (Lipinski definition) is 0. The molecule has 1 rings (SSSR count). The highest BCUT2D eigenvalue weighted by atomic mass is 16.5. The van der Waals surface area contributed by atoms with E-state index in [9.17, 15) is 4.79 Å². The van der Waals surface area contributed by atoms with Gasteiger partial charge in [-0.25, -0.2) is 0 Å². The summed E-state index contributed by atoms with van der Waals surface area (Å²) in [5.41, 5.74) is 2.79. The summed E-state index contributed by atoms with van der Waals surface area (Å²) in [5.74, 6) is 0.905. The summed E-state index contributed by atoms with van der Waals surface area (Å²) in [6.45, 7) is 7.68. The molecule has 2 heteroatoms. The quantitative estimate of drug-likeness (QED) is 0.558. The maximum Gasteiger partial charge on any atom is 0.163 e. The van der Waals surface area contributed by atoms with Crippen LogP contribution in [0.4, 0.5) is 0 Å². The Bertz CT molecular complexity index is 405. The van der Waals surface area contributed by atoms with Crippen LogP contribution < -0.4 is 4.74 Å². The Kier molecular flexibility index (Phi) is 4.29. The number of aryl methyl sites for hydroxylation is 1. The topological polar surface area (TPSA) is 26.3 Å². The zero-order valence-electron chi connectivity index (χ0n) is 10.2. The zero-order chi connectivity index (χ0) is 12.1. The van der Waals surface area contributed by atoms with Crippen LogP contribution in [0.1, 0.15) is 35.7 Å². The Labute approximate surface area is 96.9 Å². The normalized spacial score (nSPS) is 9.94. The highest BCUT2D eigenvalue weighted by Gasteiger charge is 2.08. The van der Waals surface area contributed by atoms with Crippen molar-refractivity contribution in [2.24, 2.45) is 0 Å². The first kappa shape index (κ1) is 12.5. The van der Waals surface area contributed by atoms with Gasteiger partial charge in [0.1, 0.15) is 5.75 Å². The van der Waals surface area contributed by atoms with Crippen LogP contribution >= 0.6 is 0 Å². The van der Waals surface area contributed by atoms with Crippen LogP contribution in [-0.4, -0.2) is 12.9 Å². The smallest absolute Gasteiger partial charge is 0.163 e. The number of methoxy groups -OCH3 is 1. The van der Waals surface area contributed by atoms with E-state index in [-0.39, 0.29) is 5.78 Å². The van der Waals surface area contributed by atoms with Gasteiger partial charge in [0.05, 0.1) is 7.11 Å². The van der Waals surface area contributed by atoms with Gasteiger partial charge >= 0.3 is 0 Å². The third-order valence-electron chi connectivity index (χ3n) is 2.51. The monoisotopic (exact) mass is 218 g/mol. The predicted molar refractivity (Wildman–Crippen MR) is 66.1 cm³/mol. The Morgan fingerprint density at radius 2 is 2.06 bits per heavy atom. The van der Waals surface area contributed by atoms with Crippen LogP contribution in [0.15, 0.2) is 30.4 Å². The summed E-state index contributed by atoms with van der Waals surface area (Å²) >= 11 is 0. The Balaban J connectivity index is 2.80. The third-order valence-corrected chi connectivity index (χ3v) is 2.51. The van der Waals surface area contributed by atoms with Crippen molar-refractivity contribution in [3.63, 3.8) is 0 Å². The third kappa shape index (κ3) is 3.23.